The Kier molecular flexibility index (Phi) is 4.29. The minimum atomic E-state index is -0.489. The van der Waals surface area contributed by atoms with Gasteiger partial charge in [-0.25, -0.2) is 4.79 Å². The van der Waals surface area contributed by atoms with Gasteiger partial charge in [-0.05, 0) is 12.1 Å². The fourth-order valence-electron chi connectivity index (χ4n) is 1.14. The van der Waals surface area contributed by atoms with Crippen LogP contribution >= 0.6 is 0 Å². The first-order chi connectivity index (χ1) is 8.22. The highest BCUT2D eigenvalue weighted by Crippen LogP contribution is 2.16. The van der Waals surface area contributed by atoms with Gasteiger partial charge in [0.15, 0.2) is 0 Å². The summed E-state index contributed by atoms with van der Waals surface area (Å²) in [6.07, 6.45) is 1.24. The van der Waals surface area contributed by atoms with Gasteiger partial charge in [-0.3, -0.25) is 0 Å². The third-order valence-corrected chi connectivity index (χ3v) is 1.95. The van der Waals surface area contributed by atoms with Crippen LogP contribution in [0.3, 0.4) is 0 Å². The van der Waals surface area contributed by atoms with Gasteiger partial charge in [-0.1, -0.05) is 12.1 Å². The van der Waals surface area contributed by atoms with Crippen LogP contribution in [-0.4, -0.2) is 13.1 Å². The van der Waals surface area contributed by atoms with Crippen LogP contribution in [-0.2, 0) is 4.74 Å². The second-order valence-electron chi connectivity index (χ2n) is 2.96. The minimum Gasteiger partial charge on any atom is -0.465 e. The Morgan fingerprint density at radius 2 is 2.00 bits per heavy atom. The van der Waals surface area contributed by atoms with E-state index in [0.29, 0.717) is 11.3 Å². The lowest BCUT2D eigenvalue weighted by Crippen LogP contribution is -2.05. The summed E-state index contributed by atoms with van der Waals surface area (Å²) in [6, 6.07) is 10.1. The zero-order valence-electron chi connectivity index (χ0n) is 9.10. The molecule has 0 bridgehead atoms. The number of rotatable bonds is 3. The first-order valence-electron chi connectivity index (χ1n) is 4.67. The summed E-state index contributed by atoms with van der Waals surface area (Å²) in [7, 11) is 1.28. The highest BCUT2D eigenvalue weighted by atomic mass is 16.5. The van der Waals surface area contributed by atoms with E-state index in [0.717, 1.165) is 0 Å². The van der Waals surface area contributed by atoms with Crippen LogP contribution in [0.4, 0.5) is 5.69 Å². The summed E-state index contributed by atoms with van der Waals surface area (Å²) in [5.74, 6) is -0.489. The van der Waals surface area contributed by atoms with Gasteiger partial charge in [0, 0.05) is 6.20 Å². The number of allylic oxidation sites excluding steroid dienone is 1. The van der Waals surface area contributed by atoms with E-state index in [1.54, 1.807) is 36.4 Å². The van der Waals surface area contributed by atoms with Gasteiger partial charge in [-0.2, -0.15) is 10.5 Å². The smallest absolute Gasteiger partial charge is 0.339 e. The van der Waals surface area contributed by atoms with Crippen LogP contribution in [0.25, 0.3) is 0 Å². The lowest BCUT2D eigenvalue weighted by atomic mass is 10.2. The molecule has 5 nitrogen and oxygen atoms in total. The maximum absolute atomic E-state index is 11.4. The number of carbonyl (C=O) groups is 1. The molecule has 0 atom stereocenters. The van der Waals surface area contributed by atoms with Crippen molar-refractivity contribution >= 4 is 11.7 Å². The van der Waals surface area contributed by atoms with Crippen molar-refractivity contribution in [2.24, 2.45) is 0 Å². The Balaban J connectivity index is 3.01. The van der Waals surface area contributed by atoms with Gasteiger partial charge in [-0.15, -0.1) is 0 Å². The van der Waals surface area contributed by atoms with Crippen molar-refractivity contribution in [1.29, 1.82) is 10.5 Å². The Morgan fingerprint density at radius 3 is 2.59 bits per heavy atom. The van der Waals surface area contributed by atoms with Crippen LogP contribution in [0.2, 0.25) is 0 Å². The number of esters is 1. The predicted octanol–water partition coefficient (Wildman–Crippen LogP) is 1.82. The molecule has 1 aromatic rings. The SMILES string of the molecule is COC(=O)c1ccccc1NC=C(C#N)C#N. The standard InChI is InChI=1S/C12H9N3O2/c1-17-12(16)10-4-2-3-5-11(10)15-8-9(6-13)7-14/h2-5,8,15H,1H3. The second kappa shape index (κ2) is 5.94. The molecular weight excluding hydrogens is 218 g/mol. The molecule has 17 heavy (non-hydrogen) atoms. The molecule has 0 fully saturated rings. The third-order valence-electron chi connectivity index (χ3n) is 1.95. The number of ether oxygens (including phenoxy) is 1. The van der Waals surface area contributed by atoms with Crippen molar-refractivity contribution in [3.8, 4) is 12.1 Å². The molecule has 0 heterocycles. The first-order valence-corrected chi connectivity index (χ1v) is 4.67. The van der Waals surface area contributed by atoms with Crippen LogP contribution in [0.5, 0.6) is 0 Å². The summed E-state index contributed by atoms with van der Waals surface area (Å²) in [4.78, 5) is 11.4. The average molecular weight is 227 g/mol. The molecule has 0 aliphatic carbocycles. The van der Waals surface area contributed by atoms with E-state index in [4.69, 9.17) is 10.5 Å². The second-order valence-corrected chi connectivity index (χ2v) is 2.96. The molecule has 5 heteroatoms. The maximum atomic E-state index is 11.4. The number of nitrogens with zero attached hydrogens (tertiary/aromatic N) is 2. The Hall–Kier alpha value is -2.79. The topological polar surface area (TPSA) is 85.9 Å². The number of para-hydroxylation sites is 1. The van der Waals surface area contributed by atoms with E-state index in [-0.39, 0.29) is 5.57 Å². The number of hydrogen-bond donors (Lipinski definition) is 1. The number of anilines is 1. The van der Waals surface area contributed by atoms with Crippen LogP contribution in [0.1, 0.15) is 10.4 Å². The van der Waals surface area contributed by atoms with E-state index < -0.39 is 5.97 Å². The predicted molar refractivity (Wildman–Crippen MR) is 60.7 cm³/mol. The zero-order chi connectivity index (χ0) is 12.7. The van der Waals surface area contributed by atoms with Crippen molar-refractivity contribution in [3.05, 3.63) is 41.6 Å². The van der Waals surface area contributed by atoms with Gasteiger partial charge in [0.25, 0.3) is 0 Å². The molecular formula is C12H9N3O2. The number of methoxy groups -OCH3 is 1. The normalized spacial score (nSPS) is 8.41. The van der Waals surface area contributed by atoms with Gasteiger partial charge in [0.2, 0.25) is 0 Å². The number of hydrogen-bond acceptors (Lipinski definition) is 5. The van der Waals surface area contributed by atoms with Gasteiger partial charge < -0.3 is 10.1 Å². The highest BCUT2D eigenvalue weighted by Gasteiger charge is 2.09. The molecule has 0 amide bonds. The maximum Gasteiger partial charge on any atom is 0.339 e. The quantitative estimate of drug-likeness (QED) is 0.628. The molecule has 0 aromatic heterocycles. The number of benzene rings is 1. The largest absolute Gasteiger partial charge is 0.465 e. The van der Waals surface area contributed by atoms with Crippen molar-refractivity contribution < 1.29 is 9.53 Å². The number of nitrogens with one attached hydrogen (secondary N) is 1. The molecule has 0 saturated carbocycles. The molecule has 0 saturated heterocycles. The average Bonchev–Trinajstić information content (AvgIpc) is 2.39. The molecule has 1 rings (SSSR count). The zero-order valence-corrected chi connectivity index (χ0v) is 9.10. The summed E-state index contributed by atoms with van der Waals surface area (Å²) in [5, 5.41) is 19.8. The minimum absolute atomic E-state index is 0.0790. The fourth-order valence-corrected chi connectivity index (χ4v) is 1.14. The summed E-state index contributed by atoms with van der Waals surface area (Å²) in [5.41, 5.74) is 0.730. The van der Waals surface area contributed by atoms with Crippen molar-refractivity contribution in [2.75, 3.05) is 12.4 Å². The van der Waals surface area contributed by atoms with Crippen LogP contribution in [0.15, 0.2) is 36.0 Å². The molecule has 0 spiro atoms. The summed E-state index contributed by atoms with van der Waals surface area (Å²) < 4.78 is 4.61. The summed E-state index contributed by atoms with van der Waals surface area (Å²) in [6.45, 7) is 0. The monoisotopic (exact) mass is 227 g/mol. The molecule has 0 aliphatic rings. The molecule has 0 unspecified atom stereocenters. The first kappa shape index (κ1) is 12.3. The van der Waals surface area contributed by atoms with Crippen molar-refractivity contribution in [3.63, 3.8) is 0 Å². The third kappa shape index (κ3) is 3.08. The Labute approximate surface area is 98.5 Å². The molecule has 1 N–H and O–H groups in total. The van der Waals surface area contributed by atoms with E-state index in [1.165, 1.54) is 13.3 Å². The Morgan fingerprint density at radius 1 is 1.35 bits per heavy atom. The summed E-state index contributed by atoms with van der Waals surface area (Å²) >= 11 is 0. The van der Waals surface area contributed by atoms with Gasteiger partial charge in [0.05, 0.1) is 18.4 Å². The van der Waals surface area contributed by atoms with Gasteiger partial charge in [0.1, 0.15) is 17.7 Å². The van der Waals surface area contributed by atoms with Crippen molar-refractivity contribution in [1.82, 2.24) is 0 Å². The van der Waals surface area contributed by atoms with E-state index in [2.05, 4.69) is 10.1 Å². The highest BCUT2D eigenvalue weighted by molar-refractivity contribution is 5.95. The lowest BCUT2D eigenvalue weighted by molar-refractivity contribution is 0.0602. The van der Waals surface area contributed by atoms with Crippen LogP contribution < -0.4 is 5.32 Å². The van der Waals surface area contributed by atoms with Crippen LogP contribution in [0, 0.1) is 22.7 Å². The molecule has 0 radical (unpaired) electrons. The number of nitriles is 2. The van der Waals surface area contributed by atoms with E-state index in [1.807, 2.05) is 0 Å². The van der Waals surface area contributed by atoms with Gasteiger partial charge >= 0.3 is 5.97 Å². The number of carbonyl (C=O) groups excluding carboxylic acids is 1. The van der Waals surface area contributed by atoms with E-state index in [9.17, 15) is 4.79 Å². The molecule has 1 aromatic carbocycles. The molecule has 84 valence electrons. The van der Waals surface area contributed by atoms with Crippen molar-refractivity contribution in [2.45, 2.75) is 0 Å². The Bertz CT molecular complexity index is 519. The van der Waals surface area contributed by atoms with E-state index >= 15 is 0 Å². The fraction of sp³-hybridized carbons (Fsp3) is 0.0833. The lowest BCUT2D eigenvalue weighted by Gasteiger charge is -2.06. The molecule has 0 aliphatic heterocycles.